The molecule has 2 aromatic rings. The van der Waals surface area contributed by atoms with Crippen LogP contribution in [0.15, 0.2) is 24.3 Å². The molecule has 1 aromatic heterocycles. The molecule has 4 nitrogen and oxygen atoms in total. The van der Waals surface area contributed by atoms with Crippen molar-refractivity contribution in [2.75, 3.05) is 5.73 Å². The molecule has 2 N–H and O–H groups in total. The Kier molecular flexibility index (Phi) is 3.35. The minimum Gasteiger partial charge on any atom is -0.399 e. The average Bonchev–Trinajstić information content (AvgIpc) is 2.81. The largest absolute Gasteiger partial charge is 0.399 e. The van der Waals surface area contributed by atoms with E-state index in [-0.39, 0.29) is 13.0 Å². The van der Waals surface area contributed by atoms with Crippen LogP contribution in [0.5, 0.6) is 0 Å². The van der Waals surface area contributed by atoms with Crippen LogP contribution in [0.2, 0.25) is 0 Å². The molecular weight excluding hydrogens is 281 g/mol. The van der Waals surface area contributed by atoms with Crippen LogP contribution >= 0.6 is 0 Å². The topological polar surface area (TPSA) is 56.7 Å². The van der Waals surface area contributed by atoms with Crippen LogP contribution < -0.4 is 5.73 Å². The summed E-state index contributed by atoms with van der Waals surface area (Å²) < 4.78 is 39.7. The van der Waals surface area contributed by atoms with E-state index in [1.54, 1.807) is 12.1 Å². The first-order valence-corrected chi connectivity index (χ1v) is 6.75. The number of nitrogens with zero attached hydrogens (tertiary/aromatic N) is 3. The number of aryl methyl sites for hydroxylation is 1. The number of rotatable bonds is 2. The predicted octanol–water partition coefficient (Wildman–Crippen LogP) is 2.58. The van der Waals surface area contributed by atoms with Crippen molar-refractivity contribution in [1.82, 2.24) is 14.8 Å². The number of fused-ring (bicyclic) bond motifs is 1. The predicted molar refractivity (Wildman–Crippen MR) is 71.5 cm³/mol. The van der Waals surface area contributed by atoms with E-state index in [2.05, 4.69) is 10.1 Å². The Labute approximate surface area is 119 Å². The van der Waals surface area contributed by atoms with Crippen molar-refractivity contribution >= 4 is 5.69 Å². The number of alkyl halides is 3. The Bertz CT molecular complexity index is 631. The Morgan fingerprint density at radius 1 is 1.24 bits per heavy atom. The molecule has 21 heavy (non-hydrogen) atoms. The van der Waals surface area contributed by atoms with Crippen molar-refractivity contribution in [2.45, 2.75) is 32.0 Å². The van der Waals surface area contributed by atoms with Gasteiger partial charge in [-0.15, -0.1) is 0 Å². The van der Waals surface area contributed by atoms with Gasteiger partial charge in [0, 0.05) is 18.5 Å². The molecule has 1 aliphatic rings. The van der Waals surface area contributed by atoms with Gasteiger partial charge in [-0.25, -0.2) is 9.67 Å². The van der Waals surface area contributed by atoms with E-state index < -0.39 is 12.1 Å². The maximum atomic E-state index is 12.8. The maximum Gasteiger partial charge on any atom is 0.393 e. The van der Waals surface area contributed by atoms with Crippen LogP contribution in [0.1, 0.15) is 23.6 Å². The van der Waals surface area contributed by atoms with Crippen LogP contribution in [-0.2, 0) is 19.4 Å². The number of halogens is 3. The number of hydrogen-bond donors (Lipinski definition) is 1. The van der Waals surface area contributed by atoms with Gasteiger partial charge in [-0.05, 0) is 24.1 Å². The number of aromatic nitrogens is 3. The van der Waals surface area contributed by atoms with E-state index in [0.29, 0.717) is 30.2 Å². The summed E-state index contributed by atoms with van der Waals surface area (Å²) in [5.74, 6) is -0.130. The summed E-state index contributed by atoms with van der Waals surface area (Å²) in [6.07, 6.45) is -3.26. The van der Waals surface area contributed by atoms with Crippen molar-refractivity contribution in [2.24, 2.45) is 5.92 Å². The van der Waals surface area contributed by atoms with Crippen LogP contribution in [0.3, 0.4) is 0 Å². The highest BCUT2D eigenvalue weighted by atomic mass is 19.4. The second kappa shape index (κ2) is 5.05. The quantitative estimate of drug-likeness (QED) is 0.867. The molecule has 2 heterocycles. The number of nitrogens with two attached hydrogens (primary N) is 1. The lowest BCUT2D eigenvalue weighted by Crippen LogP contribution is -2.32. The van der Waals surface area contributed by atoms with E-state index in [0.717, 1.165) is 5.56 Å². The molecule has 0 saturated carbocycles. The fourth-order valence-electron chi connectivity index (χ4n) is 2.52. The van der Waals surface area contributed by atoms with Gasteiger partial charge in [0.1, 0.15) is 5.82 Å². The number of benzene rings is 1. The minimum absolute atomic E-state index is 0.0868. The molecule has 1 aliphatic heterocycles. The smallest absolute Gasteiger partial charge is 0.393 e. The number of nitrogen functional groups attached to an aromatic ring is 1. The van der Waals surface area contributed by atoms with Gasteiger partial charge in [-0.3, -0.25) is 0 Å². The number of hydrogen-bond acceptors (Lipinski definition) is 3. The van der Waals surface area contributed by atoms with Crippen LogP contribution in [0.4, 0.5) is 18.9 Å². The summed E-state index contributed by atoms with van der Waals surface area (Å²) in [5.41, 5.74) is 7.27. The highest BCUT2D eigenvalue weighted by Gasteiger charge is 2.42. The zero-order valence-electron chi connectivity index (χ0n) is 11.3. The minimum atomic E-state index is -4.17. The van der Waals surface area contributed by atoms with Gasteiger partial charge in [0.25, 0.3) is 0 Å². The van der Waals surface area contributed by atoms with Gasteiger partial charge in [0.15, 0.2) is 5.82 Å². The van der Waals surface area contributed by atoms with E-state index in [1.165, 1.54) is 4.68 Å². The van der Waals surface area contributed by atoms with Gasteiger partial charge >= 0.3 is 6.18 Å². The zero-order valence-corrected chi connectivity index (χ0v) is 11.3. The lowest BCUT2D eigenvalue weighted by molar-refractivity contribution is -0.182. The first-order valence-electron chi connectivity index (χ1n) is 6.75. The monoisotopic (exact) mass is 296 g/mol. The molecular formula is C14H15F3N4. The molecule has 112 valence electrons. The third-order valence-electron chi connectivity index (χ3n) is 3.71. The lowest BCUT2D eigenvalue weighted by atomic mass is 9.99. The molecule has 1 unspecified atom stereocenters. The molecule has 0 saturated heterocycles. The first-order chi connectivity index (χ1) is 9.91. The summed E-state index contributed by atoms with van der Waals surface area (Å²) in [7, 11) is 0. The van der Waals surface area contributed by atoms with Crippen molar-refractivity contribution in [3.63, 3.8) is 0 Å². The van der Waals surface area contributed by atoms with Gasteiger partial charge in [-0.2, -0.15) is 18.3 Å². The molecule has 1 aromatic carbocycles. The zero-order chi connectivity index (χ0) is 15.0. The molecule has 1 atom stereocenters. The van der Waals surface area contributed by atoms with Gasteiger partial charge in [-0.1, -0.05) is 12.1 Å². The summed E-state index contributed by atoms with van der Waals surface area (Å²) >= 11 is 0. The maximum absolute atomic E-state index is 12.8. The molecule has 0 bridgehead atoms. The van der Waals surface area contributed by atoms with Crippen LogP contribution in [0.25, 0.3) is 0 Å². The van der Waals surface area contributed by atoms with Crippen LogP contribution in [0, 0.1) is 5.92 Å². The fourth-order valence-corrected chi connectivity index (χ4v) is 2.52. The third kappa shape index (κ3) is 3.01. The Hall–Kier alpha value is -2.05. The second-order valence-electron chi connectivity index (χ2n) is 5.32. The summed E-state index contributed by atoms with van der Waals surface area (Å²) in [6, 6.07) is 7.30. The Morgan fingerprint density at radius 2 is 1.95 bits per heavy atom. The first kappa shape index (κ1) is 13.9. The summed E-state index contributed by atoms with van der Waals surface area (Å²) in [6.45, 7) is -0.131. The molecule has 0 aliphatic carbocycles. The second-order valence-corrected chi connectivity index (χ2v) is 5.32. The normalized spacial score (nSPS) is 18.5. The average molecular weight is 296 g/mol. The van der Waals surface area contributed by atoms with E-state index >= 15 is 0 Å². The van der Waals surface area contributed by atoms with Crippen molar-refractivity contribution in [1.29, 1.82) is 0 Å². The fraction of sp³-hybridized carbons (Fsp3) is 0.429. The highest BCUT2D eigenvalue weighted by Crippen LogP contribution is 2.33. The highest BCUT2D eigenvalue weighted by molar-refractivity contribution is 5.39. The van der Waals surface area contributed by atoms with Gasteiger partial charge in [0.2, 0.25) is 0 Å². The Morgan fingerprint density at radius 3 is 2.62 bits per heavy atom. The van der Waals surface area contributed by atoms with Crippen molar-refractivity contribution in [3.05, 3.63) is 41.5 Å². The van der Waals surface area contributed by atoms with Crippen LogP contribution in [-0.4, -0.2) is 20.9 Å². The van der Waals surface area contributed by atoms with E-state index in [4.69, 9.17) is 5.73 Å². The lowest BCUT2D eigenvalue weighted by Gasteiger charge is -2.24. The SMILES string of the molecule is Nc1ccc(Cc2nc3n(n2)CC(C(F)(F)F)CC3)cc1. The molecule has 0 amide bonds. The molecule has 3 rings (SSSR count). The summed E-state index contributed by atoms with van der Waals surface area (Å²) in [5, 5.41) is 4.21. The number of anilines is 1. The van der Waals surface area contributed by atoms with Crippen molar-refractivity contribution in [3.8, 4) is 0 Å². The summed E-state index contributed by atoms with van der Waals surface area (Å²) in [4.78, 5) is 4.34. The van der Waals surface area contributed by atoms with E-state index in [1.807, 2.05) is 12.1 Å². The standard InChI is InChI=1S/C14H15F3N4/c15-14(16,17)10-3-6-13-19-12(20-21(13)8-10)7-9-1-4-11(18)5-2-9/h1-2,4-5,10H,3,6-8,18H2. The molecule has 7 heteroatoms. The van der Waals surface area contributed by atoms with Gasteiger partial charge < -0.3 is 5.73 Å². The molecule has 0 fully saturated rings. The van der Waals surface area contributed by atoms with Gasteiger partial charge in [0.05, 0.1) is 12.5 Å². The van der Waals surface area contributed by atoms with E-state index in [9.17, 15) is 13.2 Å². The molecule has 0 radical (unpaired) electrons. The third-order valence-corrected chi connectivity index (χ3v) is 3.71. The molecule has 0 spiro atoms. The van der Waals surface area contributed by atoms with Crippen molar-refractivity contribution < 1.29 is 13.2 Å². The Balaban J connectivity index is 1.76.